The Morgan fingerprint density at radius 2 is 2.33 bits per heavy atom. The van der Waals surface area contributed by atoms with E-state index in [9.17, 15) is 0 Å². The highest BCUT2D eigenvalue weighted by Gasteiger charge is 2.09. The zero-order chi connectivity index (χ0) is 8.97. The van der Waals surface area contributed by atoms with Crippen LogP contribution >= 0.6 is 0 Å². The number of aromatic nitrogens is 4. The summed E-state index contributed by atoms with van der Waals surface area (Å²) in [4.78, 5) is 0. The first-order valence-corrected chi connectivity index (χ1v) is 4.21. The maximum absolute atomic E-state index is 3.92. The predicted octanol–water partition coefficient (Wildman–Crippen LogP) is 0.363. The van der Waals surface area contributed by atoms with Gasteiger partial charge in [0.15, 0.2) is 5.82 Å². The van der Waals surface area contributed by atoms with Crippen LogP contribution in [0.15, 0.2) is 0 Å². The Morgan fingerprint density at radius 3 is 2.92 bits per heavy atom. The van der Waals surface area contributed by atoms with Gasteiger partial charge in [-0.15, -0.1) is 5.10 Å². The fourth-order valence-corrected chi connectivity index (χ4v) is 1.00. The van der Waals surface area contributed by atoms with Crippen LogP contribution in [0.25, 0.3) is 0 Å². The van der Waals surface area contributed by atoms with E-state index in [0.29, 0.717) is 6.04 Å². The van der Waals surface area contributed by atoms with Crippen molar-refractivity contribution < 1.29 is 0 Å². The minimum atomic E-state index is 0.378. The van der Waals surface area contributed by atoms with Crippen molar-refractivity contribution in [3.05, 3.63) is 5.82 Å². The van der Waals surface area contributed by atoms with E-state index in [1.807, 2.05) is 11.7 Å². The van der Waals surface area contributed by atoms with Crippen LogP contribution in [0.3, 0.4) is 0 Å². The van der Waals surface area contributed by atoms with Crippen LogP contribution in [-0.4, -0.2) is 27.3 Å². The molecule has 1 unspecified atom stereocenters. The highest BCUT2D eigenvalue weighted by Crippen LogP contribution is 2.08. The van der Waals surface area contributed by atoms with Gasteiger partial charge in [0.2, 0.25) is 0 Å². The van der Waals surface area contributed by atoms with E-state index in [2.05, 4.69) is 34.7 Å². The van der Waals surface area contributed by atoms with Gasteiger partial charge in [-0.1, -0.05) is 6.92 Å². The lowest BCUT2D eigenvalue weighted by Gasteiger charge is -2.09. The quantitative estimate of drug-likeness (QED) is 0.707. The molecular formula is C7H15N5. The first kappa shape index (κ1) is 9.12. The maximum atomic E-state index is 3.92. The van der Waals surface area contributed by atoms with E-state index < -0.39 is 0 Å². The van der Waals surface area contributed by atoms with Gasteiger partial charge in [-0.05, 0) is 30.8 Å². The molecule has 0 aliphatic rings. The molecule has 5 nitrogen and oxygen atoms in total. The summed E-state index contributed by atoms with van der Waals surface area (Å²) in [6.45, 7) is 4.95. The van der Waals surface area contributed by atoms with Gasteiger partial charge >= 0.3 is 0 Å². The summed E-state index contributed by atoms with van der Waals surface area (Å²) < 4.78 is 1.86. The van der Waals surface area contributed by atoms with Gasteiger partial charge in [0.05, 0.1) is 12.6 Å². The van der Waals surface area contributed by atoms with Crippen molar-refractivity contribution in [3.8, 4) is 0 Å². The molecule has 5 heteroatoms. The normalized spacial score (nSPS) is 13.2. The molecule has 0 aromatic carbocycles. The molecule has 0 spiro atoms. The molecule has 1 N–H and O–H groups in total. The van der Waals surface area contributed by atoms with Crippen molar-refractivity contribution in [2.45, 2.75) is 32.9 Å². The Balaban J connectivity index is 2.76. The topological polar surface area (TPSA) is 55.6 Å². The molecule has 1 atom stereocenters. The van der Waals surface area contributed by atoms with Crippen LogP contribution in [0.2, 0.25) is 0 Å². The van der Waals surface area contributed by atoms with Crippen LogP contribution in [0, 0.1) is 0 Å². The Bertz CT molecular complexity index is 231. The van der Waals surface area contributed by atoms with E-state index >= 15 is 0 Å². The number of nitrogens with one attached hydrogen (secondary N) is 1. The average molecular weight is 169 g/mol. The number of hydrogen-bond acceptors (Lipinski definition) is 4. The lowest BCUT2D eigenvalue weighted by Crippen LogP contribution is -2.15. The Hall–Kier alpha value is -0.970. The molecule has 0 fully saturated rings. The SMILES string of the molecule is CCC(C)n1nnnc1CNC. The van der Waals surface area contributed by atoms with E-state index in [0.717, 1.165) is 18.8 Å². The van der Waals surface area contributed by atoms with Gasteiger partial charge in [0.25, 0.3) is 0 Å². The fraction of sp³-hybridized carbons (Fsp3) is 0.857. The highest BCUT2D eigenvalue weighted by molar-refractivity contribution is 4.81. The molecule has 0 radical (unpaired) electrons. The lowest BCUT2D eigenvalue weighted by molar-refractivity contribution is 0.443. The third-order valence-electron chi connectivity index (χ3n) is 1.90. The molecule has 0 aliphatic heterocycles. The van der Waals surface area contributed by atoms with E-state index in [1.54, 1.807) is 0 Å². The van der Waals surface area contributed by atoms with Gasteiger partial charge in [-0.2, -0.15) is 0 Å². The molecule has 1 heterocycles. The molecule has 0 saturated carbocycles. The molecular weight excluding hydrogens is 154 g/mol. The fourth-order valence-electron chi connectivity index (χ4n) is 1.00. The zero-order valence-electron chi connectivity index (χ0n) is 7.78. The molecule has 0 amide bonds. The minimum absolute atomic E-state index is 0.378. The number of hydrogen-bond donors (Lipinski definition) is 1. The summed E-state index contributed by atoms with van der Waals surface area (Å²) in [5.41, 5.74) is 0. The second-order valence-electron chi connectivity index (χ2n) is 2.83. The third kappa shape index (κ3) is 1.79. The summed E-state index contributed by atoms with van der Waals surface area (Å²) in [5, 5.41) is 14.5. The molecule has 1 rings (SSSR count). The Labute approximate surface area is 72.2 Å². The number of tetrazole rings is 1. The van der Waals surface area contributed by atoms with E-state index in [4.69, 9.17) is 0 Å². The average Bonchev–Trinajstić information content (AvgIpc) is 2.52. The Kier molecular flexibility index (Phi) is 3.16. The van der Waals surface area contributed by atoms with Gasteiger partial charge < -0.3 is 5.32 Å². The van der Waals surface area contributed by atoms with Crippen molar-refractivity contribution in [2.24, 2.45) is 0 Å². The second-order valence-corrected chi connectivity index (χ2v) is 2.83. The summed E-state index contributed by atoms with van der Waals surface area (Å²) >= 11 is 0. The molecule has 0 aliphatic carbocycles. The predicted molar refractivity (Wildman–Crippen MR) is 45.6 cm³/mol. The molecule has 1 aromatic heterocycles. The largest absolute Gasteiger partial charge is 0.313 e. The smallest absolute Gasteiger partial charge is 0.165 e. The molecule has 0 bridgehead atoms. The van der Waals surface area contributed by atoms with Crippen LogP contribution < -0.4 is 5.32 Å². The van der Waals surface area contributed by atoms with E-state index in [1.165, 1.54) is 0 Å². The number of nitrogens with zero attached hydrogens (tertiary/aromatic N) is 4. The summed E-state index contributed by atoms with van der Waals surface area (Å²) in [5.74, 6) is 0.895. The third-order valence-corrected chi connectivity index (χ3v) is 1.90. The Morgan fingerprint density at radius 1 is 1.58 bits per heavy atom. The van der Waals surface area contributed by atoms with Crippen molar-refractivity contribution in [2.75, 3.05) is 7.05 Å². The number of rotatable bonds is 4. The first-order chi connectivity index (χ1) is 5.79. The lowest BCUT2D eigenvalue weighted by atomic mass is 10.3. The van der Waals surface area contributed by atoms with Gasteiger partial charge in [0, 0.05) is 0 Å². The highest BCUT2D eigenvalue weighted by atomic mass is 15.5. The van der Waals surface area contributed by atoms with Crippen molar-refractivity contribution in [1.82, 2.24) is 25.5 Å². The molecule has 1 aromatic rings. The molecule has 0 saturated heterocycles. The monoisotopic (exact) mass is 169 g/mol. The van der Waals surface area contributed by atoms with Gasteiger partial charge in [-0.3, -0.25) is 0 Å². The standard InChI is InChI=1S/C7H15N5/c1-4-6(2)12-7(5-8-3)9-10-11-12/h6,8H,4-5H2,1-3H3. The van der Waals surface area contributed by atoms with Crippen molar-refractivity contribution in [3.63, 3.8) is 0 Å². The van der Waals surface area contributed by atoms with Crippen LogP contribution in [0.4, 0.5) is 0 Å². The second kappa shape index (κ2) is 4.15. The molecule has 12 heavy (non-hydrogen) atoms. The van der Waals surface area contributed by atoms with E-state index in [-0.39, 0.29) is 0 Å². The summed E-state index contributed by atoms with van der Waals surface area (Å²) in [7, 11) is 1.88. The summed E-state index contributed by atoms with van der Waals surface area (Å²) in [6.07, 6.45) is 1.04. The summed E-state index contributed by atoms with van der Waals surface area (Å²) in [6, 6.07) is 0.378. The maximum Gasteiger partial charge on any atom is 0.165 e. The zero-order valence-corrected chi connectivity index (χ0v) is 7.78. The van der Waals surface area contributed by atoms with Crippen LogP contribution in [0.1, 0.15) is 32.1 Å². The first-order valence-electron chi connectivity index (χ1n) is 4.21. The molecule has 68 valence electrons. The minimum Gasteiger partial charge on any atom is -0.313 e. The van der Waals surface area contributed by atoms with Crippen LogP contribution in [-0.2, 0) is 6.54 Å². The van der Waals surface area contributed by atoms with Crippen LogP contribution in [0.5, 0.6) is 0 Å². The van der Waals surface area contributed by atoms with Crippen molar-refractivity contribution >= 4 is 0 Å². The van der Waals surface area contributed by atoms with Crippen molar-refractivity contribution in [1.29, 1.82) is 0 Å². The van der Waals surface area contributed by atoms with Gasteiger partial charge in [0.1, 0.15) is 0 Å². The van der Waals surface area contributed by atoms with Gasteiger partial charge in [-0.25, -0.2) is 4.68 Å².